The van der Waals surface area contributed by atoms with Crippen LogP contribution in [0.4, 0.5) is 17.1 Å². The Morgan fingerprint density at radius 2 is 1.38 bits per heavy atom. The van der Waals surface area contributed by atoms with Crippen molar-refractivity contribution < 1.29 is 14.4 Å². The fourth-order valence-corrected chi connectivity index (χ4v) is 4.44. The molecule has 0 unspecified atom stereocenters. The van der Waals surface area contributed by atoms with Gasteiger partial charge in [-0.2, -0.15) is 0 Å². The lowest BCUT2D eigenvalue weighted by Crippen LogP contribution is -2.36. The van der Waals surface area contributed by atoms with Crippen molar-refractivity contribution in [2.75, 3.05) is 22.5 Å². The number of benzene rings is 3. The van der Waals surface area contributed by atoms with Crippen LogP contribution >= 0.6 is 0 Å². The van der Waals surface area contributed by atoms with Gasteiger partial charge in [0.25, 0.3) is 5.91 Å². The number of carbonyl (C=O) groups is 3. The summed E-state index contributed by atoms with van der Waals surface area (Å²) in [7, 11) is 0. The van der Waals surface area contributed by atoms with Gasteiger partial charge in [0.05, 0.1) is 6.54 Å². The first-order chi connectivity index (χ1) is 18.0. The van der Waals surface area contributed by atoms with Crippen molar-refractivity contribution in [2.24, 2.45) is 0 Å². The van der Waals surface area contributed by atoms with E-state index in [9.17, 15) is 14.4 Å². The van der Waals surface area contributed by atoms with Gasteiger partial charge >= 0.3 is 0 Å². The molecule has 1 aliphatic carbocycles. The van der Waals surface area contributed by atoms with Crippen molar-refractivity contribution in [3.63, 3.8) is 0 Å². The SMILES string of the molecule is O=C(CCc1ccccc1)Nc1cccc(NC(=O)CNc2ccc(C(=O)NC3CCCCC3)cc2)c1. The fraction of sp³-hybridized carbons (Fsp3) is 0.300. The van der Waals surface area contributed by atoms with Gasteiger partial charge in [-0.1, -0.05) is 55.7 Å². The molecule has 0 saturated heterocycles. The Hall–Kier alpha value is -4.13. The molecule has 0 aromatic heterocycles. The molecule has 0 heterocycles. The summed E-state index contributed by atoms with van der Waals surface area (Å²) in [5.41, 5.74) is 3.71. The maximum absolute atomic E-state index is 12.5. The Balaban J connectivity index is 1.20. The van der Waals surface area contributed by atoms with Crippen molar-refractivity contribution >= 4 is 34.8 Å². The lowest BCUT2D eigenvalue weighted by atomic mass is 9.95. The Morgan fingerprint density at radius 1 is 0.703 bits per heavy atom. The summed E-state index contributed by atoms with van der Waals surface area (Å²) in [5.74, 6) is -0.347. The van der Waals surface area contributed by atoms with Crippen LogP contribution < -0.4 is 21.3 Å². The minimum Gasteiger partial charge on any atom is -0.376 e. The van der Waals surface area contributed by atoms with Gasteiger partial charge in [-0.3, -0.25) is 14.4 Å². The highest BCUT2D eigenvalue weighted by Gasteiger charge is 2.16. The van der Waals surface area contributed by atoms with Crippen LogP contribution in [0.5, 0.6) is 0 Å². The van der Waals surface area contributed by atoms with E-state index >= 15 is 0 Å². The Morgan fingerprint density at radius 3 is 2.08 bits per heavy atom. The number of rotatable bonds is 10. The molecule has 37 heavy (non-hydrogen) atoms. The van der Waals surface area contributed by atoms with Crippen molar-refractivity contribution in [1.29, 1.82) is 0 Å². The van der Waals surface area contributed by atoms with E-state index in [2.05, 4.69) is 21.3 Å². The first-order valence-electron chi connectivity index (χ1n) is 12.9. The third-order valence-corrected chi connectivity index (χ3v) is 6.45. The van der Waals surface area contributed by atoms with Crippen LogP contribution in [-0.2, 0) is 16.0 Å². The van der Waals surface area contributed by atoms with Crippen molar-refractivity contribution in [3.05, 3.63) is 90.0 Å². The molecule has 0 radical (unpaired) electrons. The molecule has 1 saturated carbocycles. The van der Waals surface area contributed by atoms with Gasteiger partial charge in [-0.15, -0.1) is 0 Å². The molecule has 4 N–H and O–H groups in total. The second kappa shape index (κ2) is 13.3. The second-order valence-electron chi connectivity index (χ2n) is 9.40. The number of anilines is 3. The fourth-order valence-electron chi connectivity index (χ4n) is 4.44. The van der Waals surface area contributed by atoms with E-state index in [-0.39, 0.29) is 30.3 Å². The summed E-state index contributed by atoms with van der Waals surface area (Å²) < 4.78 is 0. The summed E-state index contributed by atoms with van der Waals surface area (Å²) in [6.07, 6.45) is 6.73. The molecule has 4 rings (SSSR count). The average Bonchev–Trinajstić information content (AvgIpc) is 2.92. The smallest absolute Gasteiger partial charge is 0.251 e. The van der Waals surface area contributed by atoms with Crippen LogP contribution in [0.2, 0.25) is 0 Å². The predicted octanol–water partition coefficient (Wildman–Crippen LogP) is 5.37. The second-order valence-corrected chi connectivity index (χ2v) is 9.40. The van der Waals surface area contributed by atoms with Crippen molar-refractivity contribution in [2.45, 2.75) is 51.0 Å². The summed E-state index contributed by atoms with van der Waals surface area (Å²) in [6, 6.07) is 24.4. The molecular weight excluding hydrogens is 464 g/mol. The van der Waals surface area contributed by atoms with Gasteiger partial charge in [-0.05, 0) is 67.3 Å². The van der Waals surface area contributed by atoms with Crippen LogP contribution in [0.25, 0.3) is 0 Å². The molecule has 0 atom stereocenters. The summed E-state index contributed by atoms with van der Waals surface area (Å²) in [5, 5.41) is 11.9. The summed E-state index contributed by atoms with van der Waals surface area (Å²) >= 11 is 0. The van der Waals surface area contributed by atoms with Gasteiger partial charge in [0, 0.05) is 35.1 Å². The van der Waals surface area contributed by atoms with Crippen molar-refractivity contribution in [3.8, 4) is 0 Å². The number of nitrogens with one attached hydrogen (secondary N) is 4. The van der Waals surface area contributed by atoms with E-state index in [0.29, 0.717) is 29.8 Å². The summed E-state index contributed by atoms with van der Waals surface area (Å²) in [6.45, 7) is 0.0707. The predicted molar refractivity (Wildman–Crippen MR) is 148 cm³/mol. The zero-order valence-electron chi connectivity index (χ0n) is 21.0. The topological polar surface area (TPSA) is 99.3 Å². The third kappa shape index (κ3) is 8.49. The Labute approximate surface area is 218 Å². The number of hydrogen-bond donors (Lipinski definition) is 4. The van der Waals surface area contributed by atoms with E-state index in [1.54, 1.807) is 48.5 Å². The first kappa shape index (κ1) is 25.9. The molecule has 0 spiro atoms. The summed E-state index contributed by atoms with van der Waals surface area (Å²) in [4.78, 5) is 37.2. The van der Waals surface area contributed by atoms with Gasteiger partial charge in [-0.25, -0.2) is 0 Å². The molecule has 0 bridgehead atoms. The highest BCUT2D eigenvalue weighted by Crippen LogP contribution is 2.19. The van der Waals surface area contributed by atoms with Crippen LogP contribution in [0.15, 0.2) is 78.9 Å². The molecule has 0 aliphatic heterocycles. The minimum absolute atomic E-state index is 0.0526. The van der Waals surface area contributed by atoms with Gasteiger partial charge in [0.2, 0.25) is 11.8 Å². The highest BCUT2D eigenvalue weighted by molar-refractivity contribution is 5.96. The molecule has 3 amide bonds. The minimum atomic E-state index is -0.216. The zero-order valence-corrected chi connectivity index (χ0v) is 21.0. The normalized spacial score (nSPS) is 13.4. The lowest BCUT2D eigenvalue weighted by Gasteiger charge is -2.22. The molecule has 1 aliphatic rings. The number of aryl methyl sites for hydroxylation is 1. The van der Waals surface area contributed by atoms with Crippen LogP contribution in [-0.4, -0.2) is 30.3 Å². The maximum Gasteiger partial charge on any atom is 0.251 e. The Bertz CT molecular complexity index is 1190. The Kier molecular flexibility index (Phi) is 9.29. The average molecular weight is 499 g/mol. The van der Waals surface area contributed by atoms with Gasteiger partial charge in [0.15, 0.2) is 0 Å². The molecular formula is C30H34N4O3. The highest BCUT2D eigenvalue weighted by atomic mass is 16.2. The maximum atomic E-state index is 12.5. The molecule has 7 nitrogen and oxygen atoms in total. The van der Waals surface area contributed by atoms with Crippen LogP contribution in [0.1, 0.15) is 54.4 Å². The van der Waals surface area contributed by atoms with Crippen LogP contribution in [0.3, 0.4) is 0 Å². The standard InChI is InChI=1S/C30H34N4O3/c35-28(19-14-22-8-3-1-4-9-22)32-26-12-7-13-27(20-26)33-29(36)21-31-24-17-15-23(16-18-24)30(37)34-25-10-5-2-6-11-25/h1,3-4,7-9,12-13,15-18,20,25,31H,2,5-6,10-11,14,19,21H2,(H,32,35)(H,33,36)(H,34,37). The number of amides is 3. The molecule has 1 fully saturated rings. The molecule has 3 aromatic rings. The van der Waals surface area contributed by atoms with E-state index in [1.807, 2.05) is 30.3 Å². The van der Waals surface area contributed by atoms with E-state index < -0.39 is 0 Å². The van der Waals surface area contributed by atoms with Crippen LogP contribution in [0, 0.1) is 0 Å². The monoisotopic (exact) mass is 498 g/mol. The van der Waals surface area contributed by atoms with Gasteiger partial charge in [0.1, 0.15) is 0 Å². The number of hydrogen-bond acceptors (Lipinski definition) is 4. The third-order valence-electron chi connectivity index (χ3n) is 6.45. The van der Waals surface area contributed by atoms with E-state index in [0.717, 1.165) is 24.1 Å². The molecule has 7 heteroatoms. The van der Waals surface area contributed by atoms with Gasteiger partial charge < -0.3 is 21.3 Å². The number of carbonyl (C=O) groups excluding carboxylic acids is 3. The largest absolute Gasteiger partial charge is 0.376 e. The lowest BCUT2D eigenvalue weighted by molar-refractivity contribution is -0.116. The molecule has 3 aromatic carbocycles. The van der Waals surface area contributed by atoms with Crippen molar-refractivity contribution in [1.82, 2.24) is 5.32 Å². The quantitative estimate of drug-likeness (QED) is 0.302. The zero-order chi connectivity index (χ0) is 25.9. The first-order valence-corrected chi connectivity index (χ1v) is 12.9. The van der Waals surface area contributed by atoms with E-state index in [4.69, 9.17) is 0 Å². The molecule has 192 valence electrons. The van der Waals surface area contributed by atoms with E-state index in [1.165, 1.54) is 19.3 Å².